The highest BCUT2D eigenvalue weighted by Gasteiger charge is 2.11. The molecule has 0 unspecified atom stereocenters. The van der Waals surface area contributed by atoms with Crippen LogP contribution in [0.4, 0.5) is 0 Å². The molecule has 0 aliphatic carbocycles. The van der Waals surface area contributed by atoms with E-state index >= 15 is 0 Å². The molecule has 5 heteroatoms. The molecule has 17 heavy (non-hydrogen) atoms. The summed E-state index contributed by atoms with van der Waals surface area (Å²) >= 11 is 0. The van der Waals surface area contributed by atoms with Gasteiger partial charge in [0.1, 0.15) is 0 Å². The Morgan fingerprint density at radius 1 is 1.35 bits per heavy atom. The predicted octanol–water partition coefficient (Wildman–Crippen LogP) is 1.22. The summed E-state index contributed by atoms with van der Waals surface area (Å²) in [5.41, 5.74) is 2.49. The maximum absolute atomic E-state index is 11.3. The molecule has 0 bridgehead atoms. The molecule has 0 fully saturated rings. The first kappa shape index (κ1) is 12.9. The maximum Gasteiger partial charge on any atom is 0.336 e. The number of hydroxylamine groups is 1. The van der Waals surface area contributed by atoms with E-state index in [9.17, 15) is 9.59 Å². The van der Waals surface area contributed by atoms with Crippen LogP contribution < -0.4 is 5.48 Å². The van der Waals surface area contributed by atoms with Crippen molar-refractivity contribution in [3.8, 4) is 0 Å². The standard InChI is InChI=1S/C12H13NO4/c1-2-17-13-11(14)8-10(12(15)16)9-6-4-3-5-7-9/h3-8H,2H2,1H3,(H,13,14)(H,15,16)/b10-8-. The molecule has 5 nitrogen and oxygen atoms in total. The minimum atomic E-state index is -1.16. The third-order valence-electron chi connectivity index (χ3n) is 1.91. The molecule has 0 aliphatic heterocycles. The number of amides is 1. The van der Waals surface area contributed by atoms with Gasteiger partial charge in [-0.2, -0.15) is 0 Å². The molecular weight excluding hydrogens is 222 g/mol. The SMILES string of the molecule is CCONC(=O)/C=C(\C(=O)O)c1ccccc1. The summed E-state index contributed by atoms with van der Waals surface area (Å²) in [5.74, 6) is -1.77. The molecule has 0 saturated heterocycles. The van der Waals surface area contributed by atoms with Crippen LogP contribution in [0.5, 0.6) is 0 Å². The van der Waals surface area contributed by atoms with Gasteiger partial charge in [0.25, 0.3) is 5.91 Å². The summed E-state index contributed by atoms with van der Waals surface area (Å²) in [6.45, 7) is 2.02. The van der Waals surface area contributed by atoms with E-state index in [1.807, 2.05) is 0 Å². The fourth-order valence-electron chi connectivity index (χ4n) is 1.19. The molecule has 0 saturated carbocycles. The quantitative estimate of drug-likeness (QED) is 0.594. The highest BCUT2D eigenvalue weighted by Crippen LogP contribution is 2.13. The summed E-state index contributed by atoms with van der Waals surface area (Å²) in [7, 11) is 0. The van der Waals surface area contributed by atoms with E-state index in [-0.39, 0.29) is 5.57 Å². The minimum absolute atomic E-state index is 0.0807. The van der Waals surface area contributed by atoms with E-state index in [2.05, 4.69) is 10.3 Å². The predicted molar refractivity (Wildman–Crippen MR) is 61.8 cm³/mol. The smallest absolute Gasteiger partial charge is 0.336 e. The van der Waals surface area contributed by atoms with Gasteiger partial charge in [0.15, 0.2) is 0 Å². The number of nitrogens with one attached hydrogen (secondary N) is 1. The highest BCUT2D eigenvalue weighted by atomic mass is 16.6. The lowest BCUT2D eigenvalue weighted by atomic mass is 10.1. The van der Waals surface area contributed by atoms with Crippen molar-refractivity contribution in [2.75, 3.05) is 6.61 Å². The summed E-state index contributed by atoms with van der Waals surface area (Å²) < 4.78 is 0. The Balaban J connectivity index is 2.91. The monoisotopic (exact) mass is 235 g/mol. The molecule has 2 N–H and O–H groups in total. The molecule has 90 valence electrons. The molecule has 0 spiro atoms. The van der Waals surface area contributed by atoms with Gasteiger partial charge in [-0.05, 0) is 12.5 Å². The Labute approximate surface area is 98.7 Å². The Hall–Kier alpha value is -2.14. The highest BCUT2D eigenvalue weighted by molar-refractivity contribution is 6.20. The van der Waals surface area contributed by atoms with Gasteiger partial charge in [-0.15, -0.1) is 0 Å². The van der Waals surface area contributed by atoms with Crippen LogP contribution in [0.25, 0.3) is 5.57 Å². The Morgan fingerprint density at radius 3 is 2.53 bits per heavy atom. The van der Waals surface area contributed by atoms with Crippen molar-refractivity contribution < 1.29 is 19.5 Å². The first-order valence-corrected chi connectivity index (χ1v) is 5.07. The van der Waals surface area contributed by atoms with Crippen LogP contribution in [0.15, 0.2) is 36.4 Å². The summed E-state index contributed by atoms with van der Waals surface area (Å²) in [6, 6.07) is 8.41. The average molecular weight is 235 g/mol. The lowest BCUT2D eigenvalue weighted by Gasteiger charge is -2.03. The van der Waals surface area contributed by atoms with E-state index in [1.54, 1.807) is 37.3 Å². The number of carbonyl (C=O) groups excluding carboxylic acids is 1. The van der Waals surface area contributed by atoms with Crippen molar-refractivity contribution in [3.63, 3.8) is 0 Å². The molecule has 0 aromatic heterocycles. The zero-order valence-electron chi connectivity index (χ0n) is 9.34. The zero-order chi connectivity index (χ0) is 12.7. The molecule has 0 radical (unpaired) electrons. The van der Waals surface area contributed by atoms with Crippen molar-refractivity contribution in [1.82, 2.24) is 5.48 Å². The first-order chi connectivity index (χ1) is 8.15. The number of hydrogen-bond acceptors (Lipinski definition) is 3. The van der Waals surface area contributed by atoms with Crippen molar-refractivity contribution >= 4 is 17.4 Å². The number of aliphatic carboxylic acids is 1. The molecule has 1 amide bonds. The topological polar surface area (TPSA) is 75.6 Å². The summed E-state index contributed by atoms with van der Waals surface area (Å²) in [4.78, 5) is 27.0. The van der Waals surface area contributed by atoms with Gasteiger partial charge < -0.3 is 5.11 Å². The van der Waals surface area contributed by atoms with Gasteiger partial charge in [-0.1, -0.05) is 30.3 Å². The molecule has 1 aromatic carbocycles. The maximum atomic E-state index is 11.3. The first-order valence-electron chi connectivity index (χ1n) is 5.07. The average Bonchev–Trinajstić information content (AvgIpc) is 2.34. The van der Waals surface area contributed by atoms with Gasteiger partial charge in [0, 0.05) is 6.08 Å². The van der Waals surface area contributed by atoms with Crippen molar-refractivity contribution in [3.05, 3.63) is 42.0 Å². The van der Waals surface area contributed by atoms with E-state index in [0.717, 1.165) is 6.08 Å². The van der Waals surface area contributed by atoms with E-state index in [0.29, 0.717) is 12.2 Å². The normalized spacial score (nSPS) is 11.0. The van der Waals surface area contributed by atoms with Gasteiger partial charge in [-0.25, -0.2) is 10.3 Å². The van der Waals surface area contributed by atoms with Crippen LogP contribution in [0.2, 0.25) is 0 Å². The summed E-state index contributed by atoms with van der Waals surface area (Å²) in [6.07, 6.45) is 0.993. The van der Waals surface area contributed by atoms with Crippen molar-refractivity contribution in [2.24, 2.45) is 0 Å². The second-order valence-electron chi connectivity index (χ2n) is 3.13. The van der Waals surface area contributed by atoms with Crippen LogP contribution in [-0.2, 0) is 14.4 Å². The van der Waals surface area contributed by atoms with Gasteiger partial charge in [-0.3, -0.25) is 9.63 Å². The lowest BCUT2D eigenvalue weighted by molar-refractivity contribution is -0.131. The molecule has 1 aromatic rings. The summed E-state index contributed by atoms with van der Waals surface area (Å²) in [5, 5.41) is 9.01. The third-order valence-corrected chi connectivity index (χ3v) is 1.91. The van der Waals surface area contributed by atoms with Crippen LogP contribution in [0, 0.1) is 0 Å². The second-order valence-corrected chi connectivity index (χ2v) is 3.13. The molecule has 1 rings (SSSR count). The fraction of sp³-hybridized carbons (Fsp3) is 0.167. The molecule has 0 heterocycles. The zero-order valence-corrected chi connectivity index (χ0v) is 9.34. The largest absolute Gasteiger partial charge is 0.478 e. The number of hydrogen-bond donors (Lipinski definition) is 2. The van der Waals surface area contributed by atoms with E-state index < -0.39 is 11.9 Å². The minimum Gasteiger partial charge on any atom is -0.478 e. The molecular formula is C12H13NO4. The molecule has 0 atom stereocenters. The van der Waals surface area contributed by atoms with Crippen LogP contribution in [-0.4, -0.2) is 23.6 Å². The number of carboxylic acid groups (broad SMARTS) is 1. The van der Waals surface area contributed by atoms with Crippen molar-refractivity contribution in [2.45, 2.75) is 6.92 Å². The number of rotatable bonds is 5. The lowest BCUT2D eigenvalue weighted by Crippen LogP contribution is -2.22. The molecule has 0 aliphatic rings. The third kappa shape index (κ3) is 4.08. The Morgan fingerprint density at radius 2 is 2.00 bits per heavy atom. The Kier molecular flexibility index (Phi) is 4.90. The fourth-order valence-corrected chi connectivity index (χ4v) is 1.19. The van der Waals surface area contributed by atoms with Gasteiger partial charge in [0.05, 0.1) is 12.2 Å². The van der Waals surface area contributed by atoms with Crippen molar-refractivity contribution in [1.29, 1.82) is 0 Å². The number of carboxylic acids is 1. The van der Waals surface area contributed by atoms with Crippen LogP contribution in [0.1, 0.15) is 12.5 Å². The van der Waals surface area contributed by atoms with Gasteiger partial charge in [0.2, 0.25) is 0 Å². The Bertz CT molecular complexity index is 425. The second kappa shape index (κ2) is 6.44. The van der Waals surface area contributed by atoms with E-state index in [4.69, 9.17) is 5.11 Å². The van der Waals surface area contributed by atoms with E-state index in [1.165, 1.54) is 0 Å². The van der Waals surface area contributed by atoms with Crippen LogP contribution >= 0.6 is 0 Å². The number of carbonyl (C=O) groups is 2. The van der Waals surface area contributed by atoms with Gasteiger partial charge >= 0.3 is 5.97 Å². The number of benzene rings is 1. The van der Waals surface area contributed by atoms with Crippen LogP contribution in [0.3, 0.4) is 0 Å².